The summed E-state index contributed by atoms with van der Waals surface area (Å²) in [7, 11) is 0. The van der Waals surface area contributed by atoms with Gasteiger partial charge in [-0.05, 0) is 50.7 Å². The molecule has 0 aromatic carbocycles. The van der Waals surface area contributed by atoms with Gasteiger partial charge in [0, 0.05) is 43.9 Å². The van der Waals surface area contributed by atoms with E-state index in [0.717, 1.165) is 36.9 Å². The van der Waals surface area contributed by atoms with Crippen LogP contribution in [0.5, 0.6) is 0 Å². The lowest BCUT2D eigenvalue weighted by molar-refractivity contribution is -0.128. The van der Waals surface area contributed by atoms with Crippen molar-refractivity contribution in [2.24, 2.45) is 11.8 Å². The number of rotatable bonds is 7. The molecule has 2 aromatic rings. The highest BCUT2D eigenvalue weighted by molar-refractivity contribution is 5.89. The molecule has 164 valence electrons. The van der Waals surface area contributed by atoms with Crippen LogP contribution in [0.1, 0.15) is 49.6 Å². The number of aromatic nitrogens is 3. The summed E-state index contributed by atoms with van der Waals surface area (Å²) < 4.78 is 5.91. The van der Waals surface area contributed by atoms with Gasteiger partial charge in [-0.3, -0.25) is 14.6 Å². The van der Waals surface area contributed by atoms with Gasteiger partial charge in [-0.25, -0.2) is 0 Å². The van der Waals surface area contributed by atoms with Crippen LogP contribution in [-0.2, 0) is 9.59 Å². The molecule has 3 heterocycles. The van der Waals surface area contributed by atoms with Crippen LogP contribution in [0.25, 0.3) is 11.5 Å². The second kappa shape index (κ2) is 9.41. The lowest BCUT2D eigenvalue weighted by Crippen LogP contribution is -2.36. The van der Waals surface area contributed by atoms with Gasteiger partial charge in [0.2, 0.25) is 23.6 Å². The number of amides is 2. The predicted molar refractivity (Wildman–Crippen MR) is 115 cm³/mol. The minimum absolute atomic E-state index is 0.0183. The molecule has 2 aliphatic rings. The van der Waals surface area contributed by atoms with E-state index in [-0.39, 0.29) is 23.7 Å². The third-order valence-electron chi connectivity index (χ3n) is 6.29. The summed E-state index contributed by atoms with van der Waals surface area (Å²) in [6, 6.07) is 3.87. The SMILES string of the molecule is C=CCN1C[C@@H](C(=O)NCC2CCC(c3nnc(-c4ccc(C)nc4)o3)CC2)CC1=O. The molecule has 0 spiro atoms. The average molecular weight is 424 g/mol. The van der Waals surface area contributed by atoms with Crippen molar-refractivity contribution in [1.82, 2.24) is 25.4 Å². The quantitative estimate of drug-likeness (QED) is 0.687. The van der Waals surface area contributed by atoms with Crippen molar-refractivity contribution >= 4 is 11.8 Å². The van der Waals surface area contributed by atoms with Crippen molar-refractivity contribution in [3.8, 4) is 11.5 Å². The van der Waals surface area contributed by atoms with Crippen molar-refractivity contribution in [2.75, 3.05) is 19.6 Å². The molecule has 1 saturated carbocycles. The minimum atomic E-state index is -0.253. The molecular weight excluding hydrogens is 394 g/mol. The zero-order valence-corrected chi connectivity index (χ0v) is 17.9. The summed E-state index contributed by atoms with van der Waals surface area (Å²) in [5.74, 6) is 1.64. The van der Waals surface area contributed by atoms with Gasteiger partial charge in [0.1, 0.15) is 0 Å². The highest BCUT2D eigenvalue weighted by Crippen LogP contribution is 2.35. The molecule has 8 nitrogen and oxygen atoms in total. The molecule has 0 radical (unpaired) electrons. The van der Waals surface area contributed by atoms with Crippen molar-refractivity contribution in [2.45, 2.75) is 44.9 Å². The Kier molecular flexibility index (Phi) is 6.44. The fourth-order valence-corrected chi connectivity index (χ4v) is 4.39. The highest BCUT2D eigenvalue weighted by atomic mass is 16.4. The van der Waals surface area contributed by atoms with E-state index in [1.807, 2.05) is 19.1 Å². The third kappa shape index (κ3) is 5.00. The van der Waals surface area contributed by atoms with Crippen LogP contribution in [0.3, 0.4) is 0 Å². The predicted octanol–water partition coefficient (Wildman–Crippen LogP) is 2.86. The normalized spacial score (nSPS) is 23.7. The van der Waals surface area contributed by atoms with Crippen LogP contribution in [0, 0.1) is 18.8 Å². The summed E-state index contributed by atoms with van der Waals surface area (Å²) in [6.45, 7) is 7.25. The van der Waals surface area contributed by atoms with Gasteiger partial charge < -0.3 is 14.6 Å². The second-order valence-corrected chi connectivity index (χ2v) is 8.58. The van der Waals surface area contributed by atoms with E-state index in [0.29, 0.717) is 43.8 Å². The van der Waals surface area contributed by atoms with Gasteiger partial charge in [0.15, 0.2) is 0 Å². The van der Waals surface area contributed by atoms with E-state index in [1.54, 1.807) is 17.2 Å². The fourth-order valence-electron chi connectivity index (χ4n) is 4.39. The highest BCUT2D eigenvalue weighted by Gasteiger charge is 2.34. The maximum absolute atomic E-state index is 12.5. The van der Waals surface area contributed by atoms with Crippen LogP contribution in [-0.4, -0.2) is 51.5 Å². The largest absolute Gasteiger partial charge is 0.420 e. The Morgan fingerprint density at radius 2 is 2.10 bits per heavy atom. The number of nitrogens with one attached hydrogen (secondary N) is 1. The first-order valence-electron chi connectivity index (χ1n) is 11.0. The van der Waals surface area contributed by atoms with Crippen LogP contribution < -0.4 is 5.32 Å². The number of hydrogen-bond donors (Lipinski definition) is 1. The minimum Gasteiger partial charge on any atom is -0.420 e. The van der Waals surface area contributed by atoms with Crippen molar-refractivity contribution in [3.05, 3.63) is 42.6 Å². The molecule has 1 aliphatic heterocycles. The topological polar surface area (TPSA) is 101 Å². The van der Waals surface area contributed by atoms with E-state index in [1.165, 1.54) is 0 Å². The van der Waals surface area contributed by atoms with Crippen molar-refractivity contribution < 1.29 is 14.0 Å². The zero-order chi connectivity index (χ0) is 21.8. The number of likely N-dealkylation sites (tertiary alicyclic amines) is 1. The second-order valence-electron chi connectivity index (χ2n) is 8.58. The lowest BCUT2D eigenvalue weighted by Gasteiger charge is -2.27. The van der Waals surface area contributed by atoms with Crippen LogP contribution in [0.15, 0.2) is 35.4 Å². The Balaban J connectivity index is 1.23. The first kappa shape index (κ1) is 21.2. The first-order valence-corrected chi connectivity index (χ1v) is 11.0. The third-order valence-corrected chi connectivity index (χ3v) is 6.29. The summed E-state index contributed by atoms with van der Waals surface area (Å²) in [6.07, 6.45) is 7.67. The summed E-state index contributed by atoms with van der Waals surface area (Å²) >= 11 is 0. The fraction of sp³-hybridized carbons (Fsp3) is 0.522. The van der Waals surface area contributed by atoms with E-state index >= 15 is 0 Å². The van der Waals surface area contributed by atoms with Crippen LogP contribution in [0.2, 0.25) is 0 Å². The number of aryl methyl sites for hydroxylation is 1. The van der Waals surface area contributed by atoms with E-state index < -0.39 is 0 Å². The number of nitrogens with zero attached hydrogens (tertiary/aromatic N) is 4. The molecule has 31 heavy (non-hydrogen) atoms. The molecule has 4 rings (SSSR count). The van der Waals surface area contributed by atoms with Gasteiger partial charge in [0.25, 0.3) is 0 Å². The van der Waals surface area contributed by atoms with Crippen LogP contribution >= 0.6 is 0 Å². The Morgan fingerprint density at radius 3 is 2.81 bits per heavy atom. The molecule has 0 bridgehead atoms. The van der Waals surface area contributed by atoms with Gasteiger partial charge in [-0.15, -0.1) is 16.8 Å². The average Bonchev–Trinajstić information content (AvgIpc) is 3.41. The van der Waals surface area contributed by atoms with Gasteiger partial charge >= 0.3 is 0 Å². The molecule has 1 aliphatic carbocycles. The van der Waals surface area contributed by atoms with Gasteiger partial charge in [-0.1, -0.05) is 6.08 Å². The number of carbonyl (C=O) groups is 2. The molecule has 2 aromatic heterocycles. The molecule has 1 saturated heterocycles. The van der Waals surface area contributed by atoms with Crippen molar-refractivity contribution in [3.63, 3.8) is 0 Å². The number of carbonyl (C=O) groups excluding carboxylic acids is 2. The maximum Gasteiger partial charge on any atom is 0.249 e. The summed E-state index contributed by atoms with van der Waals surface area (Å²) in [5, 5.41) is 11.5. The Bertz CT molecular complexity index is 931. The Labute approximate surface area is 182 Å². The van der Waals surface area contributed by atoms with E-state index in [4.69, 9.17) is 4.42 Å². The summed E-state index contributed by atoms with van der Waals surface area (Å²) in [5.41, 5.74) is 1.78. The Hall–Kier alpha value is -3.03. The van der Waals surface area contributed by atoms with E-state index in [2.05, 4.69) is 27.1 Å². The van der Waals surface area contributed by atoms with Gasteiger partial charge in [0.05, 0.1) is 11.5 Å². The molecule has 2 amide bonds. The number of hydrogen-bond acceptors (Lipinski definition) is 6. The first-order chi connectivity index (χ1) is 15.0. The molecular formula is C23H29N5O3. The van der Waals surface area contributed by atoms with E-state index in [9.17, 15) is 9.59 Å². The lowest BCUT2D eigenvalue weighted by atomic mass is 9.82. The molecule has 2 fully saturated rings. The number of pyridine rings is 1. The monoisotopic (exact) mass is 423 g/mol. The standard InChI is InChI=1S/C23H29N5O3/c1-3-10-28-14-19(11-20(28)29)21(30)25-12-16-5-8-17(9-6-16)22-26-27-23(31-22)18-7-4-15(2)24-13-18/h3-4,7,13,16-17,19H,1,5-6,8-12,14H2,2H3,(H,25,30)/t16?,17?,19-/m0/s1. The smallest absolute Gasteiger partial charge is 0.249 e. The molecule has 0 unspecified atom stereocenters. The molecule has 1 N–H and O–H groups in total. The zero-order valence-electron chi connectivity index (χ0n) is 17.9. The van der Waals surface area contributed by atoms with Crippen molar-refractivity contribution in [1.29, 1.82) is 0 Å². The van der Waals surface area contributed by atoms with Crippen LogP contribution in [0.4, 0.5) is 0 Å². The molecule has 1 atom stereocenters. The van der Waals surface area contributed by atoms with Gasteiger partial charge in [-0.2, -0.15) is 0 Å². The Morgan fingerprint density at radius 1 is 1.29 bits per heavy atom. The maximum atomic E-state index is 12.5. The molecule has 8 heteroatoms. The summed E-state index contributed by atoms with van der Waals surface area (Å²) in [4.78, 5) is 30.4.